The fourth-order valence-electron chi connectivity index (χ4n) is 3.47. The predicted molar refractivity (Wildman–Crippen MR) is 122 cm³/mol. The summed E-state index contributed by atoms with van der Waals surface area (Å²) < 4.78 is 32.4. The van der Waals surface area contributed by atoms with Gasteiger partial charge in [0.2, 0.25) is 10.0 Å². The van der Waals surface area contributed by atoms with E-state index >= 15 is 0 Å². The van der Waals surface area contributed by atoms with Crippen LogP contribution in [-0.4, -0.2) is 50.9 Å². The second-order valence-electron chi connectivity index (χ2n) is 8.07. The number of piperidine rings is 1. The molecule has 1 heterocycles. The van der Waals surface area contributed by atoms with Gasteiger partial charge in [0, 0.05) is 31.9 Å². The SMILES string of the molecule is CC(C)NC(=O)N(C)c1ccc(OC(=O)C2CCN(S(=O)(=O)c3ccccc3)CC2)cc1. The molecular weight excluding hydrogens is 430 g/mol. The summed E-state index contributed by atoms with van der Waals surface area (Å²) in [5, 5.41) is 2.81. The smallest absolute Gasteiger partial charge is 0.321 e. The summed E-state index contributed by atoms with van der Waals surface area (Å²) in [5.41, 5.74) is 0.669. The van der Waals surface area contributed by atoms with Crippen LogP contribution >= 0.6 is 0 Å². The van der Waals surface area contributed by atoms with Crippen molar-refractivity contribution in [1.29, 1.82) is 0 Å². The lowest BCUT2D eigenvalue weighted by molar-refractivity contribution is -0.140. The van der Waals surface area contributed by atoms with Gasteiger partial charge in [0.15, 0.2) is 0 Å². The van der Waals surface area contributed by atoms with Gasteiger partial charge < -0.3 is 10.1 Å². The van der Waals surface area contributed by atoms with Crippen LogP contribution in [0.15, 0.2) is 59.5 Å². The largest absolute Gasteiger partial charge is 0.426 e. The van der Waals surface area contributed by atoms with E-state index in [1.165, 1.54) is 9.21 Å². The average Bonchev–Trinajstić information content (AvgIpc) is 2.79. The molecule has 0 radical (unpaired) electrons. The number of carbonyl (C=O) groups excluding carboxylic acids is 2. The summed E-state index contributed by atoms with van der Waals surface area (Å²) in [6.45, 7) is 4.31. The first kappa shape index (κ1) is 23.7. The van der Waals surface area contributed by atoms with E-state index in [1.807, 2.05) is 13.8 Å². The predicted octanol–water partition coefficient (Wildman–Crippen LogP) is 3.25. The quantitative estimate of drug-likeness (QED) is 0.528. The molecule has 0 aliphatic carbocycles. The van der Waals surface area contributed by atoms with E-state index in [1.54, 1.807) is 61.6 Å². The van der Waals surface area contributed by atoms with E-state index in [-0.39, 0.29) is 41.9 Å². The average molecular weight is 460 g/mol. The van der Waals surface area contributed by atoms with Crippen LogP contribution in [0.25, 0.3) is 0 Å². The molecule has 1 N–H and O–H groups in total. The van der Waals surface area contributed by atoms with Crippen LogP contribution < -0.4 is 15.0 Å². The Balaban J connectivity index is 1.54. The first-order valence-electron chi connectivity index (χ1n) is 10.6. The van der Waals surface area contributed by atoms with Crippen molar-refractivity contribution in [3.8, 4) is 5.75 Å². The van der Waals surface area contributed by atoms with Gasteiger partial charge in [-0.25, -0.2) is 13.2 Å². The third-order valence-corrected chi connectivity index (χ3v) is 7.24. The Morgan fingerprint density at radius 3 is 2.19 bits per heavy atom. The number of urea groups is 1. The summed E-state index contributed by atoms with van der Waals surface area (Å²) in [7, 11) is -1.89. The van der Waals surface area contributed by atoms with Gasteiger partial charge in [-0.1, -0.05) is 18.2 Å². The molecule has 1 aliphatic rings. The highest BCUT2D eigenvalue weighted by Gasteiger charge is 2.33. The first-order chi connectivity index (χ1) is 15.2. The second-order valence-corrected chi connectivity index (χ2v) is 10.0. The topological polar surface area (TPSA) is 96.0 Å². The molecule has 2 aromatic carbocycles. The summed E-state index contributed by atoms with van der Waals surface area (Å²) in [5.74, 6) is -0.354. The van der Waals surface area contributed by atoms with Crippen LogP contribution in [0.1, 0.15) is 26.7 Å². The number of sulfonamides is 1. The Morgan fingerprint density at radius 1 is 1.03 bits per heavy atom. The number of hydrogen-bond acceptors (Lipinski definition) is 5. The molecule has 0 bridgehead atoms. The molecule has 1 aliphatic heterocycles. The molecule has 9 heteroatoms. The zero-order chi connectivity index (χ0) is 23.3. The van der Waals surface area contributed by atoms with Crippen LogP contribution in [0, 0.1) is 5.92 Å². The van der Waals surface area contributed by atoms with Crippen molar-refractivity contribution in [3.05, 3.63) is 54.6 Å². The fraction of sp³-hybridized carbons (Fsp3) is 0.391. The van der Waals surface area contributed by atoms with E-state index in [4.69, 9.17) is 4.74 Å². The van der Waals surface area contributed by atoms with Gasteiger partial charge in [-0.15, -0.1) is 0 Å². The molecule has 32 heavy (non-hydrogen) atoms. The lowest BCUT2D eigenvalue weighted by atomic mass is 9.98. The van der Waals surface area contributed by atoms with Crippen molar-refractivity contribution in [1.82, 2.24) is 9.62 Å². The van der Waals surface area contributed by atoms with Gasteiger partial charge >= 0.3 is 12.0 Å². The molecule has 3 rings (SSSR count). The van der Waals surface area contributed by atoms with Crippen molar-refractivity contribution in [2.75, 3.05) is 25.0 Å². The van der Waals surface area contributed by atoms with Gasteiger partial charge in [-0.05, 0) is 63.1 Å². The normalized spacial score (nSPS) is 15.4. The van der Waals surface area contributed by atoms with Crippen molar-refractivity contribution in [2.45, 2.75) is 37.6 Å². The molecular formula is C23H29N3O5S. The van der Waals surface area contributed by atoms with Crippen molar-refractivity contribution in [2.24, 2.45) is 5.92 Å². The number of nitrogens with zero attached hydrogens (tertiary/aromatic N) is 2. The van der Waals surface area contributed by atoms with Crippen LogP contribution in [0.2, 0.25) is 0 Å². The van der Waals surface area contributed by atoms with Crippen LogP contribution in [0.5, 0.6) is 5.75 Å². The minimum absolute atomic E-state index is 0.0271. The third-order valence-electron chi connectivity index (χ3n) is 5.33. The Labute approximate surface area is 189 Å². The van der Waals surface area contributed by atoms with E-state index < -0.39 is 10.0 Å². The number of carbonyl (C=O) groups is 2. The molecule has 0 saturated carbocycles. The number of benzene rings is 2. The highest BCUT2D eigenvalue weighted by Crippen LogP contribution is 2.26. The maximum atomic E-state index is 12.7. The molecule has 0 aromatic heterocycles. The molecule has 2 aromatic rings. The molecule has 2 amide bonds. The highest BCUT2D eigenvalue weighted by atomic mass is 32.2. The van der Waals surface area contributed by atoms with E-state index in [0.29, 0.717) is 24.3 Å². The molecule has 0 spiro atoms. The molecule has 1 saturated heterocycles. The number of anilines is 1. The van der Waals surface area contributed by atoms with Gasteiger partial charge in [0.05, 0.1) is 10.8 Å². The standard InChI is InChI=1S/C23H29N3O5S/c1-17(2)24-23(28)25(3)19-9-11-20(12-10-19)31-22(27)18-13-15-26(16-14-18)32(29,30)21-7-5-4-6-8-21/h4-12,17-18H,13-16H2,1-3H3,(H,24,28). The summed E-state index contributed by atoms with van der Waals surface area (Å²) in [6, 6.07) is 14.8. The lowest BCUT2D eigenvalue weighted by Crippen LogP contribution is -2.41. The van der Waals surface area contributed by atoms with Gasteiger partial charge in [0.1, 0.15) is 5.75 Å². The summed E-state index contributed by atoms with van der Waals surface area (Å²) in [6.07, 6.45) is 0.808. The second kappa shape index (κ2) is 10.1. The first-order valence-corrected chi connectivity index (χ1v) is 12.0. The third kappa shape index (κ3) is 5.66. The summed E-state index contributed by atoms with van der Waals surface area (Å²) >= 11 is 0. The maximum absolute atomic E-state index is 12.7. The summed E-state index contributed by atoms with van der Waals surface area (Å²) in [4.78, 5) is 26.4. The van der Waals surface area contributed by atoms with Crippen molar-refractivity contribution in [3.63, 3.8) is 0 Å². The number of esters is 1. The number of nitrogens with one attached hydrogen (secondary N) is 1. The molecule has 1 fully saturated rings. The zero-order valence-electron chi connectivity index (χ0n) is 18.5. The van der Waals surface area contributed by atoms with Gasteiger partial charge in [-0.3, -0.25) is 9.69 Å². The maximum Gasteiger partial charge on any atom is 0.321 e. The van der Waals surface area contributed by atoms with E-state index in [9.17, 15) is 18.0 Å². The van der Waals surface area contributed by atoms with Crippen molar-refractivity contribution >= 4 is 27.7 Å². The Bertz CT molecular complexity index is 1030. The fourth-order valence-corrected chi connectivity index (χ4v) is 4.96. The Morgan fingerprint density at radius 2 is 1.62 bits per heavy atom. The zero-order valence-corrected chi connectivity index (χ0v) is 19.3. The van der Waals surface area contributed by atoms with E-state index in [0.717, 1.165) is 0 Å². The van der Waals surface area contributed by atoms with Crippen LogP contribution in [0.4, 0.5) is 10.5 Å². The lowest BCUT2D eigenvalue weighted by Gasteiger charge is -2.30. The minimum Gasteiger partial charge on any atom is -0.426 e. The Kier molecular flexibility index (Phi) is 7.52. The molecule has 0 unspecified atom stereocenters. The number of rotatable bonds is 6. The van der Waals surface area contributed by atoms with E-state index in [2.05, 4.69) is 5.32 Å². The van der Waals surface area contributed by atoms with Crippen molar-refractivity contribution < 1.29 is 22.7 Å². The minimum atomic E-state index is -3.55. The van der Waals surface area contributed by atoms with Gasteiger partial charge in [0.25, 0.3) is 0 Å². The van der Waals surface area contributed by atoms with Gasteiger partial charge in [-0.2, -0.15) is 4.31 Å². The van der Waals surface area contributed by atoms with Crippen LogP contribution in [-0.2, 0) is 14.8 Å². The van der Waals surface area contributed by atoms with Crippen LogP contribution in [0.3, 0.4) is 0 Å². The highest BCUT2D eigenvalue weighted by molar-refractivity contribution is 7.89. The Hall–Kier alpha value is -2.91. The molecule has 8 nitrogen and oxygen atoms in total. The monoisotopic (exact) mass is 459 g/mol. The number of hydrogen-bond donors (Lipinski definition) is 1. The number of ether oxygens (including phenoxy) is 1. The number of amides is 2. The molecule has 172 valence electrons. The molecule has 0 atom stereocenters.